The first-order chi connectivity index (χ1) is 7.72. The van der Waals surface area contributed by atoms with Gasteiger partial charge in [-0.3, -0.25) is 4.79 Å². The predicted molar refractivity (Wildman–Crippen MR) is 63.8 cm³/mol. The fourth-order valence-electron chi connectivity index (χ4n) is 1.26. The molecular formula is C12H12N2O2. The Morgan fingerprint density at radius 3 is 2.62 bits per heavy atom. The molecule has 4 heteroatoms. The summed E-state index contributed by atoms with van der Waals surface area (Å²) in [5, 5.41) is 10.4. The Labute approximate surface area is 93.0 Å². The first-order valence-electron chi connectivity index (χ1n) is 4.59. The highest BCUT2D eigenvalue weighted by atomic mass is 16.3. The number of phenolic OH excluding ortho intramolecular Hbond substituents is 1. The van der Waals surface area contributed by atoms with Crippen LogP contribution < -0.4 is 5.73 Å². The molecule has 1 aromatic carbocycles. The normalized spacial score (nSPS) is 9.00. The quantitative estimate of drug-likeness (QED) is 0.712. The van der Waals surface area contributed by atoms with E-state index in [2.05, 4.69) is 17.3 Å². The molecule has 2 rings (SSSR count). The third-order valence-corrected chi connectivity index (χ3v) is 1.93. The summed E-state index contributed by atoms with van der Waals surface area (Å²) >= 11 is 0. The highest BCUT2D eigenvalue weighted by Gasteiger charge is 1.99. The van der Waals surface area contributed by atoms with Gasteiger partial charge in [0.15, 0.2) is 0 Å². The number of hydrogen-bond acceptors (Lipinski definition) is 3. The summed E-state index contributed by atoms with van der Waals surface area (Å²) < 4.78 is 0. The number of rotatable bonds is 1. The lowest BCUT2D eigenvalue weighted by molar-refractivity contribution is -0.106. The minimum Gasteiger partial charge on any atom is -0.506 e. The smallest absolute Gasteiger partial charge is 0.204 e. The van der Waals surface area contributed by atoms with Crippen LogP contribution in [0.5, 0.6) is 5.75 Å². The Bertz CT molecular complexity index is 509. The Kier molecular flexibility index (Phi) is 4.03. The summed E-state index contributed by atoms with van der Waals surface area (Å²) in [5.74, 6) is 0.209. The van der Waals surface area contributed by atoms with Crippen molar-refractivity contribution < 1.29 is 9.90 Å². The van der Waals surface area contributed by atoms with E-state index >= 15 is 0 Å². The summed E-state index contributed by atoms with van der Waals surface area (Å²) in [6.45, 7) is 3.62. The molecule has 0 saturated heterocycles. The average Bonchev–Trinajstić information content (AvgIpc) is 2.30. The van der Waals surface area contributed by atoms with Crippen LogP contribution in [0.1, 0.15) is 5.69 Å². The number of amides is 1. The number of phenols is 1. The van der Waals surface area contributed by atoms with Crippen LogP contribution in [0.4, 0.5) is 0 Å². The lowest BCUT2D eigenvalue weighted by Crippen LogP contribution is -1.82. The lowest BCUT2D eigenvalue weighted by atomic mass is 10.2. The van der Waals surface area contributed by atoms with Crippen LogP contribution in [0, 0.1) is 0 Å². The molecule has 3 N–H and O–H groups in total. The number of carbonyl (C=O) groups is 1. The van der Waals surface area contributed by atoms with Gasteiger partial charge in [0, 0.05) is 5.39 Å². The lowest BCUT2D eigenvalue weighted by Gasteiger charge is -2.00. The van der Waals surface area contributed by atoms with Crippen molar-refractivity contribution in [3.63, 3.8) is 0 Å². The number of primary amides is 1. The van der Waals surface area contributed by atoms with Crippen LogP contribution >= 0.6 is 0 Å². The van der Waals surface area contributed by atoms with E-state index in [-0.39, 0.29) is 12.2 Å². The second-order valence-electron chi connectivity index (χ2n) is 2.93. The van der Waals surface area contributed by atoms with Crippen molar-refractivity contribution in [1.82, 2.24) is 4.98 Å². The zero-order valence-electron chi connectivity index (χ0n) is 8.63. The topological polar surface area (TPSA) is 76.2 Å². The van der Waals surface area contributed by atoms with Gasteiger partial charge in [-0.2, -0.15) is 0 Å². The van der Waals surface area contributed by atoms with Crippen molar-refractivity contribution in [2.24, 2.45) is 5.73 Å². The van der Waals surface area contributed by atoms with Crippen molar-refractivity contribution in [3.05, 3.63) is 42.6 Å². The van der Waals surface area contributed by atoms with Crippen molar-refractivity contribution in [1.29, 1.82) is 0 Å². The number of aromatic nitrogens is 1. The summed E-state index contributed by atoms with van der Waals surface area (Å²) in [6, 6.07) is 9.12. The molecule has 4 nitrogen and oxygen atoms in total. The average molecular weight is 216 g/mol. The summed E-state index contributed by atoms with van der Waals surface area (Å²) in [6.07, 6.45) is 1.91. The number of aromatic hydroxyl groups is 1. The molecule has 1 aromatic heterocycles. The third kappa shape index (κ3) is 2.57. The molecule has 2 aromatic rings. The standard InChI is InChI=1S/C11H9NO.CH3NO/c1-2-9-7-6-8-4-3-5-10(13)11(8)12-9;2-1-3/h2-7,13H,1H2;1H,(H2,2,3). The van der Waals surface area contributed by atoms with Gasteiger partial charge in [0.05, 0.1) is 5.69 Å². The molecule has 1 amide bonds. The number of nitrogens with two attached hydrogens (primary N) is 1. The number of benzene rings is 1. The molecule has 0 aliphatic rings. The fourth-order valence-corrected chi connectivity index (χ4v) is 1.26. The molecule has 0 unspecified atom stereocenters. The Morgan fingerprint density at radius 2 is 2.00 bits per heavy atom. The van der Waals surface area contributed by atoms with Gasteiger partial charge in [-0.25, -0.2) is 4.98 Å². The maximum Gasteiger partial charge on any atom is 0.204 e. The molecule has 0 atom stereocenters. The van der Waals surface area contributed by atoms with E-state index in [4.69, 9.17) is 4.79 Å². The second-order valence-corrected chi connectivity index (χ2v) is 2.93. The van der Waals surface area contributed by atoms with E-state index in [0.717, 1.165) is 11.1 Å². The SMILES string of the molecule is C=Cc1ccc2cccc(O)c2n1.NC=O. The van der Waals surface area contributed by atoms with Crippen LogP contribution in [-0.2, 0) is 4.79 Å². The van der Waals surface area contributed by atoms with Gasteiger partial charge in [0.2, 0.25) is 6.41 Å². The van der Waals surface area contributed by atoms with Gasteiger partial charge in [0.1, 0.15) is 11.3 Å². The van der Waals surface area contributed by atoms with E-state index in [1.165, 1.54) is 0 Å². The van der Waals surface area contributed by atoms with Crippen LogP contribution in [0.2, 0.25) is 0 Å². The maximum absolute atomic E-state index is 9.49. The van der Waals surface area contributed by atoms with Gasteiger partial charge in [-0.1, -0.05) is 24.8 Å². The van der Waals surface area contributed by atoms with Crippen molar-refractivity contribution >= 4 is 23.4 Å². The zero-order valence-corrected chi connectivity index (χ0v) is 8.63. The third-order valence-electron chi connectivity index (χ3n) is 1.93. The molecule has 0 saturated carbocycles. The van der Waals surface area contributed by atoms with E-state index < -0.39 is 0 Å². The van der Waals surface area contributed by atoms with Crippen molar-refractivity contribution in [2.45, 2.75) is 0 Å². The van der Waals surface area contributed by atoms with Crippen LogP contribution in [0.3, 0.4) is 0 Å². The molecule has 0 aliphatic carbocycles. The fraction of sp³-hybridized carbons (Fsp3) is 0. The molecule has 0 bridgehead atoms. The van der Waals surface area contributed by atoms with Crippen molar-refractivity contribution in [2.75, 3.05) is 0 Å². The first-order valence-corrected chi connectivity index (χ1v) is 4.59. The molecular weight excluding hydrogens is 204 g/mol. The van der Waals surface area contributed by atoms with Crippen LogP contribution in [0.25, 0.3) is 17.0 Å². The Balaban J connectivity index is 0.000000386. The van der Waals surface area contributed by atoms with E-state index in [0.29, 0.717) is 5.52 Å². The van der Waals surface area contributed by atoms with Crippen molar-refractivity contribution in [3.8, 4) is 5.75 Å². The number of fused-ring (bicyclic) bond motifs is 1. The van der Waals surface area contributed by atoms with Gasteiger partial charge in [0.25, 0.3) is 0 Å². The minimum absolute atomic E-state index is 0.209. The van der Waals surface area contributed by atoms with Crippen LogP contribution in [-0.4, -0.2) is 16.5 Å². The Morgan fingerprint density at radius 1 is 1.31 bits per heavy atom. The Hall–Kier alpha value is -2.36. The molecule has 0 fully saturated rings. The number of hydrogen-bond donors (Lipinski definition) is 2. The second kappa shape index (κ2) is 5.50. The molecule has 0 spiro atoms. The molecule has 16 heavy (non-hydrogen) atoms. The molecule has 0 radical (unpaired) electrons. The summed E-state index contributed by atoms with van der Waals surface area (Å²) in [7, 11) is 0. The molecule has 1 heterocycles. The monoisotopic (exact) mass is 216 g/mol. The summed E-state index contributed by atoms with van der Waals surface area (Å²) in [5.41, 5.74) is 5.56. The number of pyridine rings is 1. The summed E-state index contributed by atoms with van der Waals surface area (Å²) in [4.78, 5) is 12.8. The highest BCUT2D eigenvalue weighted by Crippen LogP contribution is 2.22. The number of carbonyl (C=O) groups excluding carboxylic acids is 1. The predicted octanol–water partition coefficient (Wildman–Crippen LogP) is 1.68. The van der Waals surface area contributed by atoms with Gasteiger partial charge < -0.3 is 10.8 Å². The first kappa shape index (κ1) is 11.7. The largest absolute Gasteiger partial charge is 0.506 e. The van der Waals surface area contributed by atoms with E-state index in [1.54, 1.807) is 18.2 Å². The van der Waals surface area contributed by atoms with E-state index in [9.17, 15) is 5.11 Å². The zero-order chi connectivity index (χ0) is 12.0. The van der Waals surface area contributed by atoms with Crippen LogP contribution in [0.15, 0.2) is 36.9 Å². The van der Waals surface area contributed by atoms with E-state index in [1.807, 2.05) is 18.2 Å². The molecule has 0 aliphatic heterocycles. The number of nitrogens with zero attached hydrogens (tertiary/aromatic N) is 1. The highest BCUT2D eigenvalue weighted by molar-refractivity contribution is 5.84. The minimum atomic E-state index is 0.209. The maximum atomic E-state index is 9.49. The van der Waals surface area contributed by atoms with Gasteiger partial charge in [-0.15, -0.1) is 0 Å². The molecule has 82 valence electrons. The number of para-hydroxylation sites is 1. The van der Waals surface area contributed by atoms with Gasteiger partial charge >= 0.3 is 0 Å². The van der Waals surface area contributed by atoms with Gasteiger partial charge in [-0.05, 0) is 18.2 Å².